The Kier molecular flexibility index (Phi) is 2.40. The summed E-state index contributed by atoms with van der Waals surface area (Å²) < 4.78 is 1.96. The molecular formula is C9H11N5. The Morgan fingerprint density at radius 1 is 1.43 bits per heavy atom. The lowest BCUT2D eigenvalue weighted by Crippen LogP contribution is -2.03. The van der Waals surface area contributed by atoms with E-state index in [9.17, 15) is 0 Å². The molecule has 72 valence electrons. The minimum atomic E-state index is 0.641. The predicted molar refractivity (Wildman–Crippen MR) is 52.9 cm³/mol. The summed E-state index contributed by atoms with van der Waals surface area (Å²) >= 11 is 0. The molecule has 5 nitrogen and oxygen atoms in total. The molecular weight excluding hydrogens is 178 g/mol. The van der Waals surface area contributed by atoms with Gasteiger partial charge >= 0.3 is 0 Å². The van der Waals surface area contributed by atoms with E-state index in [1.807, 2.05) is 16.8 Å². The summed E-state index contributed by atoms with van der Waals surface area (Å²) in [5.74, 6) is 0.641. The second kappa shape index (κ2) is 3.87. The summed E-state index contributed by atoms with van der Waals surface area (Å²) in [5, 5.41) is 2.90. The predicted octanol–water partition coefficient (Wildman–Crippen LogP) is 0.763. The molecule has 2 heterocycles. The maximum absolute atomic E-state index is 4.30. The lowest BCUT2D eigenvalue weighted by molar-refractivity contribution is 0.770. The van der Waals surface area contributed by atoms with Gasteiger partial charge in [-0.05, 0) is 6.07 Å². The molecule has 2 aromatic heterocycles. The lowest BCUT2D eigenvalue weighted by Gasteiger charge is -2.03. The highest BCUT2D eigenvalue weighted by Crippen LogP contribution is 2.01. The number of hydrogen-bond acceptors (Lipinski definition) is 4. The Morgan fingerprint density at radius 2 is 2.36 bits per heavy atom. The van der Waals surface area contributed by atoms with Crippen molar-refractivity contribution in [1.29, 1.82) is 0 Å². The van der Waals surface area contributed by atoms with Crippen LogP contribution in [0.4, 0.5) is 5.95 Å². The van der Waals surface area contributed by atoms with E-state index in [1.165, 1.54) is 0 Å². The van der Waals surface area contributed by atoms with Gasteiger partial charge in [0.05, 0.1) is 18.6 Å². The van der Waals surface area contributed by atoms with Gasteiger partial charge in [-0.2, -0.15) is 0 Å². The molecule has 2 rings (SSSR count). The first-order valence-electron chi connectivity index (χ1n) is 4.34. The van der Waals surface area contributed by atoms with Gasteiger partial charge in [-0.3, -0.25) is 0 Å². The van der Waals surface area contributed by atoms with Crippen LogP contribution in [0.15, 0.2) is 31.0 Å². The van der Waals surface area contributed by atoms with Gasteiger partial charge < -0.3 is 9.88 Å². The maximum Gasteiger partial charge on any atom is 0.222 e. The fourth-order valence-corrected chi connectivity index (χ4v) is 1.17. The summed E-state index contributed by atoms with van der Waals surface area (Å²) in [6.07, 6.45) is 7.16. The summed E-state index contributed by atoms with van der Waals surface area (Å²) in [7, 11) is 1.80. The van der Waals surface area contributed by atoms with Crippen molar-refractivity contribution in [2.75, 3.05) is 12.4 Å². The molecule has 1 N–H and O–H groups in total. The minimum absolute atomic E-state index is 0.641. The van der Waals surface area contributed by atoms with Gasteiger partial charge in [0, 0.05) is 25.6 Å². The molecule has 0 aliphatic rings. The van der Waals surface area contributed by atoms with Gasteiger partial charge in [0.25, 0.3) is 0 Å². The second-order valence-corrected chi connectivity index (χ2v) is 2.86. The summed E-state index contributed by atoms with van der Waals surface area (Å²) in [5.41, 5.74) is 0.961. The number of anilines is 1. The van der Waals surface area contributed by atoms with Crippen LogP contribution >= 0.6 is 0 Å². The highest BCUT2D eigenvalue weighted by Gasteiger charge is 1.97. The molecule has 0 atom stereocenters. The van der Waals surface area contributed by atoms with Crippen molar-refractivity contribution in [2.45, 2.75) is 6.54 Å². The zero-order chi connectivity index (χ0) is 9.80. The van der Waals surface area contributed by atoms with E-state index in [2.05, 4.69) is 20.3 Å². The molecule has 0 amide bonds. The van der Waals surface area contributed by atoms with Crippen LogP contribution in [0, 0.1) is 0 Å². The van der Waals surface area contributed by atoms with Crippen LogP contribution in [0.2, 0.25) is 0 Å². The van der Waals surface area contributed by atoms with E-state index in [-0.39, 0.29) is 0 Å². The number of aromatic nitrogens is 4. The summed E-state index contributed by atoms with van der Waals surface area (Å²) in [4.78, 5) is 12.3. The van der Waals surface area contributed by atoms with Gasteiger partial charge in [0.15, 0.2) is 0 Å². The molecule has 2 aromatic rings. The summed E-state index contributed by atoms with van der Waals surface area (Å²) in [6, 6.07) is 1.89. The van der Waals surface area contributed by atoms with Gasteiger partial charge in [-0.25, -0.2) is 15.0 Å². The van der Waals surface area contributed by atoms with Crippen molar-refractivity contribution in [2.24, 2.45) is 0 Å². The Morgan fingerprint density at radius 3 is 3.07 bits per heavy atom. The number of imidazole rings is 1. The van der Waals surface area contributed by atoms with Crippen molar-refractivity contribution < 1.29 is 0 Å². The second-order valence-electron chi connectivity index (χ2n) is 2.86. The third-order valence-corrected chi connectivity index (χ3v) is 1.84. The molecule has 0 fully saturated rings. The third kappa shape index (κ3) is 1.87. The van der Waals surface area contributed by atoms with E-state index < -0.39 is 0 Å². The lowest BCUT2D eigenvalue weighted by atomic mass is 10.4. The van der Waals surface area contributed by atoms with E-state index in [0.29, 0.717) is 5.95 Å². The zero-order valence-corrected chi connectivity index (χ0v) is 7.88. The molecule has 0 saturated heterocycles. The fourth-order valence-electron chi connectivity index (χ4n) is 1.17. The zero-order valence-electron chi connectivity index (χ0n) is 7.88. The Labute approximate surface area is 81.8 Å². The molecule has 0 aliphatic heterocycles. The topological polar surface area (TPSA) is 55.6 Å². The Bertz CT molecular complexity index is 395. The standard InChI is InChI=1S/C9H11N5/c1-10-9-12-3-2-8(13-9)6-14-5-4-11-7-14/h2-5,7H,6H2,1H3,(H,10,12,13). The van der Waals surface area contributed by atoms with Crippen LogP contribution in [-0.2, 0) is 6.54 Å². The van der Waals surface area contributed by atoms with Crippen molar-refractivity contribution in [3.05, 3.63) is 36.7 Å². The van der Waals surface area contributed by atoms with E-state index in [1.54, 1.807) is 25.8 Å². The van der Waals surface area contributed by atoms with Crippen LogP contribution in [0.5, 0.6) is 0 Å². The maximum atomic E-state index is 4.30. The molecule has 14 heavy (non-hydrogen) atoms. The molecule has 0 saturated carbocycles. The Balaban J connectivity index is 2.17. The quantitative estimate of drug-likeness (QED) is 0.774. The number of nitrogens with one attached hydrogen (secondary N) is 1. The molecule has 0 aromatic carbocycles. The number of rotatable bonds is 3. The molecule has 5 heteroatoms. The van der Waals surface area contributed by atoms with Gasteiger partial charge in [0.1, 0.15) is 0 Å². The van der Waals surface area contributed by atoms with Crippen molar-refractivity contribution in [3.63, 3.8) is 0 Å². The molecule has 0 radical (unpaired) electrons. The molecule has 0 unspecified atom stereocenters. The van der Waals surface area contributed by atoms with Gasteiger partial charge in [0.2, 0.25) is 5.95 Å². The largest absolute Gasteiger partial charge is 0.357 e. The SMILES string of the molecule is CNc1nccc(Cn2ccnc2)n1. The van der Waals surface area contributed by atoms with E-state index >= 15 is 0 Å². The fraction of sp³-hybridized carbons (Fsp3) is 0.222. The minimum Gasteiger partial charge on any atom is -0.357 e. The van der Waals surface area contributed by atoms with Gasteiger partial charge in [-0.1, -0.05) is 0 Å². The normalized spacial score (nSPS) is 10.1. The highest BCUT2D eigenvalue weighted by atomic mass is 15.1. The highest BCUT2D eigenvalue weighted by molar-refractivity contribution is 5.23. The first-order chi connectivity index (χ1) is 6.88. The molecule has 0 spiro atoms. The van der Waals surface area contributed by atoms with Crippen molar-refractivity contribution >= 4 is 5.95 Å². The van der Waals surface area contributed by atoms with E-state index in [0.717, 1.165) is 12.2 Å². The smallest absolute Gasteiger partial charge is 0.222 e. The van der Waals surface area contributed by atoms with Crippen molar-refractivity contribution in [3.8, 4) is 0 Å². The number of hydrogen-bond donors (Lipinski definition) is 1. The van der Waals surface area contributed by atoms with Crippen LogP contribution in [0.3, 0.4) is 0 Å². The average Bonchev–Trinajstić information content (AvgIpc) is 2.71. The Hall–Kier alpha value is -1.91. The van der Waals surface area contributed by atoms with Gasteiger partial charge in [-0.15, -0.1) is 0 Å². The van der Waals surface area contributed by atoms with Crippen LogP contribution in [-0.4, -0.2) is 26.6 Å². The van der Waals surface area contributed by atoms with Crippen molar-refractivity contribution in [1.82, 2.24) is 19.5 Å². The first-order valence-corrected chi connectivity index (χ1v) is 4.34. The molecule has 0 aliphatic carbocycles. The molecule has 0 bridgehead atoms. The number of nitrogens with zero attached hydrogens (tertiary/aromatic N) is 4. The van der Waals surface area contributed by atoms with E-state index in [4.69, 9.17) is 0 Å². The van der Waals surface area contributed by atoms with Crippen LogP contribution in [0.1, 0.15) is 5.69 Å². The first kappa shape index (κ1) is 8.68. The monoisotopic (exact) mass is 189 g/mol. The van der Waals surface area contributed by atoms with Crippen LogP contribution < -0.4 is 5.32 Å². The third-order valence-electron chi connectivity index (χ3n) is 1.84. The average molecular weight is 189 g/mol. The summed E-state index contributed by atoms with van der Waals surface area (Å²) in [6.45, 7) is 0.719. The van der Waals surface area contributed by atoms with Crippen LogP contribution in [0.25, 0.3) is 0 Å².